The number of carbonyl (C=O) groups excluding carboxylic acids is 2. The van der Waals surface area contributed by atoms with E-state index < -0.39 is 73.1 Å². The molecule has 0 spiro atoms. The third kappa shape index (κ3) is 9.46. The third-order valence-electron chi connectivity index (χ3n) is 10.2. The molecular weight excluding hydrogens is 827 g/mol. The topological polar surface area (TPSA) is 327 Å². The van der Waals surface area contributed by atoms with E-state index in [0.29, 0.717) is 37.3 Å². The Morgan fingerprint density at radius 2 is 1.23 bits per heavy atom. The number of hydrogen-bond donors (Lipinski definition) is 8. The van der Waals surface area contributed by atoms with Crippen molar-refractivity contribution in [3.8, 4) is 5.88 Å². The van der Waals surface area contributed by atoms with Crippen LogP contribution in [-0.2, 0) is 28.5 Å². The van der Waals surface area contributed by atoms with Gasteiger partial charge in [-0.15, -0.1) is 0 Å². The average molecular weight is 882 g/mol. The zero-order valence-corrected chi connectivity index (χ0v) is 36.0. The number of rotatable bonds is 13. The van der Waals surface area contributed by atoms with Crippen LogP contribution in [0, 0.1) is 11.8 Å². The quantitative estimate of drug-likeness (QED) is 0.115. The van der Waals surface area contributed by atoms with E-state index in [4.69, 9.17) is 46.6 Å². The number of aromatic nitrogens is 4. The molecule has 11 atom stereocenters. The average Bonchev–Trinajstić information content (AvgIpc) is 3.89. The lowest BCUT2D eigenvalue weighted by atomic mass is 10.0. The lowest BCUT2D eigenvalue weighted by Gasteiger charge is -2.28. The predicted molar refractivity (Wildman–Crippen MR) is 222 cm³/mol. The van der Waals surface area contributed by atoms with Gasteiger partial charge >= 0.3 is 11.9 Å². The van der Waals surface area contributed by atoms with Crippen LogP contribution in [0.15, 0.2) is 33.0 Å². The molecule has 12 N–H and O–H groups in total. The summed E-state index contributed by atoms with van der Waals surface area (Å²) in [6.07, 6.45) is -8.38. The van der Waals surface area contributed by atoms with Crippen molar-refractivity contribution in [2.75, 3.05) is 60.6 Å². The van der Waals surface area contributed by atoms with Crippen molar-refractivity contribution < 1.29 is 53.7 Å². The molecule has 1 unspecified atom stereocenters. The number of methoxy groups -OCH3 is 1. The molecule has 60 heavy (non-hydrogen) atoms. The summed E-state index contributed by atoms with van der Waals surface area (Å²) in [5.41, 5.74) is 23.3. The third-order valence-corrected chi connectivity index (χ3v) is 12.2. The van der Waals surface area contributed by atoms with Crippen molar-refractivity contribution in [2.24, 2.45) is 23.3 Å². The number of esters is 2. The maximum atomic E-state index is 12.2. The predicted octanol–water partition coefficient (Wildman–Crippen LogP) is -0.705. The first kappa shape index (κ1) is 46.8. The van der Waals surface area contributed by atoms with Gasteiger partial charge in [-0.3, -0.25) is 19.4 Å². The summed E-state index contributed by atoms with van der Waals surface area (Å²) in [7, 11) is 5.10. The Kier molecular flexibility index (Phi) is 15.0. The molecule has 6 heterocycles. The van der Waals surface area contributed by atoms with Crippen molar-refractivity contribution in [3.63, 3.8) is 0 Å². The second kappa shape index (κ2) is 19.2. The summed E-state index contributed by atoms with van der Waals surface area (Å²) >= 11 is 2.54. The van der Waals surface area contributed by atoms with Gasteiger partial charge < -0.3 is 71.9 Å². The lowest BCUT2D eigenvalue weighted by molar-refractivity contribution is -0.152. The molecule has 2 aromatic rings. The van der Waals surface area contributed by atoms with Crippen LogP contribution in [0.3, 0.4) is 0 Å². The Bertz CT molecular complexity index is 1930. The summed E-state index contributed by atoms with van der Waals surface area (Å²) in [6.45, 7) is 14.8. The van der Waals surface area contributed by atoms with Gasteiger partial charge in [-0.1, -0.05) is 70.8 Å². The fourth-order valence-electron chi connectivity index (χ4n) is 6.36. The monoisotopic (exact) mass is 881 g/mol. The summed E-state index contributed by atoms with van der Waals surface area (Å²) < 4.78 is 27.3. The van der Waals surface area contributed by atoms with E-state index in [-0.39, 0.29) is 42.8 Å². The summed E-state index contributed by atoms with van der Waals surface area (Å²) in [6, 6.07) is -1.56. The first-order chi connectivity index (χ1) is 28.2. The SMILES string of the molecule is C=C1Sc2c(N(C)C)nc(N)nc2N1[C@@H]1O[C@H](COC(=O)[C@@H](N)C(C)CC)[C@@H](O)[C@H]1O.C=C1Sc2c(OC)nc(N)nc2N1[C@@H]1O[C@H](COC(=O)[C@@H](N)C(C)C)[C@@H](O)[C@H]1O. The summed E-state index contributed by atoms with van der Waals surface area (Å²) in [4.78, 5) is 47.1. The highest BCUT2D eigenvalue weighted by Gasteiger charge is 2.51. The number of nitrogens with zero attached hydrogens (tertiary/aromatic N) is 7. The standard InChI is InChI=1S/C19H30N6O5S.C17H25N5O6S/c1-6-8(2)11(20)18(28)29-7-10-12(26)13(27)17(30-10)25-9(3)31-14-15(24(4)5)22-19(21)23-16(14)25;1-6(2)9(18)16(25)27-5-8-10(23)11(24)15(28-8)22-7(3)29-12-13(22)20-17(19)21-14(12)26-4/h8,10-13,17,26-27H,3,6-7,20H2,1-2,4-5H3,(H2,21,22,23);6,8-11,15,23-24H,3,5,18H2,1-2,4H3,(H2,19,20,21)/t8?,10-,11+,12-,13-,17-;8-,9+,10-,11-,15-/m11/s1. The van der Waals surface area contributed by atoms with Gasteiger partial charge in [0.15, 0.2) is 24.1 Å². The number of nitrogen functional groups attached to an aromatic ring is 2. The van der Waals surface area contributed by atoms with Crippen LogP contribution in [-0.4, -0.2) is 148 Å². The number of fused-ring (bicyclic) bond motifs is 2. The van der Waals surface area contributed by atoms with Crippen LogP contribution in [0.2, 0.25) is 0 Å². The molecule has 0 saturated carbocycles. The zero-order valence-electron chi connectivity index (χ0n) is 34.4. The van der Waals surface area contributed by atoms with Crippen molar-refractivity contribution in [2.45, 2.75) is 105 Å². The molecule has 6 rings (SSSR count). The van der Waals surface area contributed by atoms with Gasteiger partial charge in [-0.05, 0) is 11.8 Å². The van der Waals surface area contributed by atoms with E-state index >= 15 is 0 Å². The highest BCUT2D eigenvalue weighted by atomic mass is 32.2. The van der Waals surface area contributed by atoms with Gasteiger partial charge in [0.05, 0.1) is 22.1 Å². The normalized spacial score (nSPS) is 27.2. The smallest absolute Gasteiger partial charge is 0.323 e. The highest BCUT2D eigenvalue weighted by Crippen LogP contribution is 2.52. The molecular formula is C36H55N11O11S2. The molecule has 0 aromatic carbocycles. The van der Waals surface area contributed by atoms with Gasteiger partial charge in [0.2, 0.25) is 17.8 Å². The van der Waals surface area contributed by atoms with E-state index in [9.17, 15) is 30.0 Å². The van der Waals surface area contributed by atoms with Crippen molar-refractivity contribution in [1.29, 1.82) is 0 Å². The van der Waals surface area contributed by atoms with Gasteiger partial charge in [0.25, 0.3) is 0 Å². The molecule has 4 aliphatic heterocycles. The largest absolute Gasteiger partial charge is 0.480 e. The summed E-state index contributed by atoms with van der Waals surface area (Å²) in [5, 5.41) is 43.1. The maximum Gasteiger partial charge on any atom is 0.323 e. The minimum Gasteiger partial charge on any atom is -0.480 e. The second-order valence-electron chi connectivity index (χ2n) is 15.0. The minimum absolute atomic E-state index is 0.0258. The van der Waals surface area contributed by atoms with Crippen molar-refractivity contribution in [1.82, 2.24) is 19.9 Å². The fourth-order valence-corrected chi connectivity index (χ4v) is 8.42. The summed E-state index contributed by atoms with van der Waals surface area (Å²) in [5.74, 6) is 0.350. The Morgan fingerprint density at radius 1 is 0.783 bits per heavy atom. The molecule has 0 radical (unpaired) electrons. The first-order valence-corrected chi connectivity index (χ1v) is 20.6. The number of aliphatic hydroxyl groups is 4. The Labute approximate surface area is 355 Å². The molecule has 0 bridgehead atoms. The second-order valence-corrected chi connectivity index (χ2v) is 17.1. The molecule has 24 heteroatoms. The number of nitrogens with two attached hydrogens (primary N) is 4. The van der Waals surface area contributed by atoms with E-state index in [1.54, 1.807) is 23.6 Å². The molecule has 4 aliphatic rings. The molecule has 0 amide bonds. The fraction of sp³-hybridized carbons (Fsp3) is 0.611. The van der Waals surface area contributed by atoms with Gasteiger partial charge in [-0.25, -0.2) is 0 Å². The van der Waals surface area contributed by atoms with Crippen LogP contribution < -0.4 is 42.4 Å². The Hall–Kier alpha value is -4.24. The highest BCUT2D eigenvalue weighted by molar-refractivity contribution is 8.04. The van der Waals surface area contributed by atoms with Crippen LogP contribution >= 0.6 is 23.5 Å². The van der Waals surface area contributed by atoms with Crippen LogP contribution in [0.4, 0.5) is 29.4 Å². The minimum atomic E-state index is -1.32. The molecule has 22 nitrogen and oxygen atoms in total. The van der Waals surface area contributed by atoms with Crippen molar-refractivity contribution in [3.05, 3.63) is 23.2 Å². The number of thioether (sulfide) groups is 2. The van der Waals surface area contributed by atoms with Crippen LogP contribution in [0.5, 0.6) is 5.88 Å². The molecule has 2 fully saturated rings. The number of carbonyl (C=O) groups is 2. The molecule has 2 saturated heterocycles. The first-order valence-electron chi connectivity index (χ1n) is 19.0. The van der Waals surface area contributed by atoms with Gasteiger partial charge in [-0.2, -0.15) is 19.9 Å². The van der Waals surface area contributed by atoms with Crippen LogP contribution in [0.25, 0.3) is 0 Å². The zero-order chi connectivity index (χ0) is 44.5. The van der Waals surface area contributed by atoms with Crippen LogP contribution in [0.1, 0.15) is 34.1 Å². The lowest BCUT2D eigenvalue weighted by Crippen LogP contribution is -2.42. The Morgan fingerprint density at radius 3 is 1.68 bits per heavy atom. The number of aliphatic hydroxyl groups excluding tert-OH is 4. The van der Waals surface area contributed by atoms with E-state index in [1.165, 1.54) is 35.5 Å². The number of hydrogen-bond acceptors (Lipinski definition) is 24. The van der Waals surface area contributed by atoms with E-state index in [0.717, 1.165) is 6.42 Å². The number of ether oxygens (including phenoxy) is 5. The van der Waals surface area contributed by atoms with E-state index in [2.05, 4.69) is 33.1 Å². The molecule has 332 valence electrons. The molecule has 2 aromatic heterocycles. The maximum absolute atomic E-state index is 12.2. The van der Waals surface area contributed by atoms with Gasteiger partial charge in [0, 0.05) is 14.1 Å². The van der Waals surface area contributed by atoms with Crippen molar-refractivity contribution >= 4 is 64.8 Å². The molecule has 0 aliphatic carbocycles. The Balaban J connectivity index is 0.000000228. The van der Waals surface area contributed by atoms with E-state index in [1.807, 2.05) is 27.9 Å². The number of anilines is 5. The van der Waals surface area contributed by atoms with Gasteiger partial charge in [0.1, 0.15) is 72.6 Å².